The largest absolute Gasteiger partial charge is 0.496 e. The fraction of sp³-hybridized carbons (Fsp3) is 0.391. The van der Waals surface area contributed by atoms with Crippen molar-refractivity contribution in [1.29, 1.82) is 0 Å². The van der Waals surface area contributed by atoms with E-state index in [0.717, 1.165) is 34.1 Å². The van der Waals surface area contributed by atoms with Crippen molar-refractivity contribution in [2.45, 2.75) is 44.2 Å². The molecule has 0 amide bonds. The Morgan fingerprint density at radius 2 is 2.00 bits per heavy atom. The average Bonchev–Trinajstić information content (AvgIpc) is 3.14. The number of para-hydroxylation sites is 1. The van der Waals surface area contributed by atoms with Crippen molar-refractivity contribution in [3.8, 4) is 17.1 Å². The molecular weight excluding hydrogens is 418 g/mol. The lowest BCUT2D eigenvalue weighted by molar-refractivity contribution is 0.294. The Morgan fingerprint density at radius 1 is 1.23 bits per heavy atom. The fourth-order valence-corrected chi connectivity index (χ4v) is 5.73. The third-order valence-electron chi connectivity index (χ3n) is 5.63. The zero-order chi connectivity index (χ0) is 21.1. The highest BCUT2D eigenvalue weighted by molar-refractivity contribution is 7.16. The number of nitrogens with one attached hydrogen (secondary N) is 1. The van der Waals surface area contributed by atoms with Crippen molar-refractivity contribution in [2.24, 2.45) is 0 Å². The number of ether oxygens (including phenoxy) is 1. The van der Waals surface area contributed by atoms with Crippen LogP contribution in [0.5, 0.6) is 5.75 Å². The predicted octanol–water partition coefficient (Wildman–Crippen LogP) is 5.00. The van der Waals surface area contributed by atoms with Gasteiger partial charge in [-0.1, -0.05) is 23.7 Å². The Labute approximate surface area is 186 Å². The molecule has 1 aliphatic heterocycles. The van der Waals surface area contributed by atoms with E-state index in [4.69, 9.17) is 16.3 Å². The monoisotopic (exact) mass is 443 g/mol. The third-order valence-corrected chi connectivity index (χ3v) is 7.10. The molecule has 0 radical (unpaired) electrons. The highest BCUT2D eigenvalue weighted by atomic mass is 35.5. The predicted molar refractivity (Wildman–Crippen MR) is 121 cm³/mol. The first-order chi connectivity index (χ1) is 14.6. The Bertz CT molecular complexity index is 992. The third kappa shape index (κ3) is 4.52. The molecule has 1 aromatic carbocycles. The van der Waals surface area contributed by atoms with Crippen LogP contribution in [0, 0.1) is 0 Å². The van der Waals surface area contributed by atoms with E-state index >= 15 is 0 Å². The summed E-state index contributed by atoms with van der Waals surface area (Å²) in [6.07, 6.45) is 6.48. The summed E-state index contributed by atoms with van der Waals surface area (Å²) in [4.78, 5) is 10.6. The summed E-state index contributed by atoms with van der Waals surface area (Å²) in [6, 6.07) is 10.3. The maximum Gasteiger partial charge on any atom is 0.162 e. The van der Waals surface area contributed by atoms with Crippen LogP contribution >= 0.6 is 22.9 Å². The molecule has 4 rings (SSSR count). The van der Waals surface area contributed by atoms with Crippen LogP contribution in [0.15, 0.2) is 42.7 Å². The van der Waals surface area contributed by atoms with Crippen molar-refractivity contribution >= 4 is 22.9 Å². The second-order valence-corrected chi connectivity index (χ2v) is 9.46. The molecule has 1 saturated heterocycles. The molecule has 1 aliphatic rings. The fourth-order valence-electron chi connectivity index (χ4n) is 4.29. The van der Waals surface area contributed by atoms with Gasteiger partial charge in [0.1, 0.15) is 5.75 Å². The molecule has 2 N–H and O–H groups in total. The number of nitrogens with zero attached hydrogens (tertiary/aromatic N) is 2. The first-order valence-electron chi connectivity index (χ1n) is 10.2. The number of piperidine rings is 1. The molecular formula is C23H26ClN3O2S. The van der Waals surface area contributed by atoms with Crippen LogP contribution in [0.2, 0.25) is 4.34 Å². The van der Waals surface area contributed by atoms with Gasteiger partial charge in [0, 0.05) is 41.5 Å². The number of hydrogen-bond acceptors (Lipinski definition) is 6. The molecule has 3 aromatic rings. The number of aromatic nitrogens is 2. The number of halogens is 1. The zero-order valence-corrected chi connectivity index (χ0v) is 18.7. The van der Waals surface area contributed by atoms with Crippen LogP contribution in [-0.4, -0.2) is 34.8 Å². The van der Waals surface area contributed by atoms with Gasteiger partial charge < -0.3 is 15.2 Å². The van der Waals surface area contributed by atoms with Gasteiger partial charge in [0.15, 0.2) is 5.82 Å². The van der Waals surface area contributed by atoms with E-state index in [2.05, 4.69) is 22.2 Å². The Kier molecular flexibility index (Phi) is 6.68. The van der Waals surface area contributed by atoms with E-state index in [-0.39, 0.29) is 12.6 Å². The molecule has 0 bridgehead atoms. The van der Waals surface area contributed by atoms with Gasteiger partial charge in [-0.2, -0.15) is 0 Å². The molecule has 7 heteroatoms. The van der Waals surface area contributed by atoms with Crippen LogP contribution in [0.4, 0.5) is 0 Å². The molecule has 3 heterocycles. The van der Waals surface area contributed by atoms with Gasteiger partial charge >= 0.3 is 0 Å². The molecule has 2 aromatic heterocycles. The molecule has 0 aliphatic carbocycles. The second kappa shape index (κ2) is 9.43. The number of aliphatic hydroxyl groups is 1. The summed E-state index contributed by atoms with van der Waals surface area (Å²) >= 11 is 7.95. The Hall–Kier alpha value is -1.99. The highest BCUT2D eigenvalue weighted by Crippen LogP contribution is 2.42. The van der Waals surface area contributed by atoms with E-state index in [1.54, 1.807) is 18.4 Å². The molecule has 0 saturated carbocycles. The second-order valence-electron chi connectivity index (χ2n) is 7.74. The number of aliphatic hydroxyl groups excluding tert-OH is 1. The van der Waals surface area contributed by atoms with Gasteiger partial charge in [0.25, 0.3) is 0 Å². The summed E-state index contributed by atoms with van der Waals surface area (Å²) in [7, 11) is 1.66. The zero-order valence-electron chi connectivity index (χ0n) is 17.1. The first kappa shape index (κ1) is 21.2. The van der Waals surface area contributed by atoms with Crippen LogP contribution in [0.3, 0.4) is 0 Å². The van der Waals surface area contributed by atoms with Crippen molar-refractivity contribution in [1.82, 2.24) is 15.3 Å². The summed E-state index contributed by atoms with van der Waals surface area (Å²) in [5, 5.41) is 13.1. The quantitative estimate of drug-likeness (QED) is 0.561. The van der Waals surface area contributed by atoms with E-state index in [0.29, 0.717) is 24.2 Å². The van der Waals surface area contributed by atoms with Crippen LogP contribution < -0.4 is 10.1 Å². The van der Waals surface area contributed by atoms with Gasteiger partial charge in [-0.05, 0) is 55.9 Å². The molecule has 158 valence electrons. The van der Waals surface area contributed by atoms with E-state index < -0.39 is 0 Å². The molecule has 0 spiro atoms. The summed E-state index contributed by atoms with van der Waals surface area (Å²) in [5.74, 6) is 1.83. The maximum absolute atomic E-state index is 9.41. The molecule has 3 unspecified atom stereocenters. The Morgan fingerprint density at radius 3 is 2.73 bits per heavy atom. The standard InChI is InChI=1S/C23H26ClN3O2S/c1-14-9-16(22-15(7-8-28)11-21(24)30-22)10-19(27-14)17-12-25-23(26-13-17)18-5-3-4-6-20(18)29-2/h3-6,11-14,16,19,27-28H,7-10H2,1-2H3. The van der Waals surface area contributed by atoms with E-state index in [9.17, 15) is 5.11 Å². The molecule has 3 atom stereocenters. The number of rotatable bonds is 6. The SMILES string of the molecule is COc1ccccc1-c1ncc(C2CC(c3sc(Cl)cc3CCO)CC(C)N2)cn1. The van der Waals surface area contributed by atoms with Crippen molar-refractivity contribution < 1.29 is 9.84 Å². The molecule has 1 fully saturated rings. The number of benzene rings is 1. The van der Waals surface area contributed by atoms with Crippen LogP contribution in [0.1, 0.15) is 47.7 Å². The lowest BCUT2D eigenvalue weighted by Gasteiger charge is -2.35. The lowest BCUT2D eigenvalue weighted by atomic mass is 9.84. The highest BCUT2D eigenvalue weighted by Gasteiger charge is 2.30. The van der Waals surface area contributed by atoms with Gasteiger partial charge in [-0.25, -0.2) is 9.97 Å². The number of thiophene rings is 1. The van der Waals surface area contributed by atoms with Crippen molar-refractivity contribution in [3.63, 3.8) is 0 Å². The Balaban J connectivity index is 1.57. The van der Waals surface area contributed by atoms with Crippen LogP contribution in [-0.2, 0) is 6.42 Å². The van der Waals surface area contributed by atoms with Gasteiger partial charge in [-0.3, -0.25) is 0 Å². The van der Waals surface area contributed by atoms with Gasteiger partial charge in [0.05, 0.1) is 17.0 Å². The summed E-state index contributed by atoms with van der Waals surface area (Å²) in [5.41, 5.74) is 3.14. The minimum Gasteiger partial charge on any atom is -0.496 e. The molecule has 5 nitrogen and oxygen atoms in total. The van der Waals surface area contributed by atoms with Gasteiger partial charge in [-0.15, -0.1) is 11.3 Å². The van der Waals surface area contributed by atoms with Crippen molar-refractivity contribution in [2.75, 3.05) is 13.7 Å². The average molecular weight is 444 g/mol. The van der Waals surface area contributed by atoms with Gasteiger partial charge in [0.2, 0.25) is 0 Å². The number of hydrogen-bond donors (Lipinski definition) is 2. The summed E-state index contributed by atoms with van der Waals surface area (Å²) in [6.45, 7) is 2.35. The first-order valence-corrected chi connectivity index (χ1v) is 11.4. The minimum atomic E-state index is 0.141. The van der Waals surface area contributed by atoms with Crippen LogP contribution in [0.25, 0.3) is 11.4 Å². The maximum atomic E-state index is 9.41. The van der Waals surface area contributed by atoms with Crippen molar-refractivity contribution in [3.05, 3.63) is 63.1 Å². The minimum absolute atomic E-state index is 0.141. The smallest absolute Gasteiger partial charge is 0.162 e. The lowest BCUT2D eigenvalue weighted by Crippen LogP contribution is -2.38. The summed E-state index contributed by atoms with van der Waals surface area (Å²) < 4.78 is 6.23. The van der Waals surface area contributed by atoms with E-state index in [1.165, 1.54) is 10.4 Å². The topological polar surface area (TPSA) is 67.3 Å². The number of methoxy groups -OCH3 is 1. The van der Waals surface area contributed by atoms with E-state index in [1.807, 2.05) is 42.7 Å². The molecule has 30 heavy (non-hydrogen) atoms. The normalized spacial score (nSPS) is 21.5.